The first kappa shape index (κ1) is 24.7. The number of fused-ring (bicyclic) bond motifs is 1. The fourth-order valence-electron chi connectivity index (χ4n) is 3.53. The molecule has 11 heteroatoms. The van der Waals surface area contributed by atoms with Crippen LogP contribution in [0.25, 0.3) is 16.9 Å². The van der Waals surface area contributed by atoms with E-state index >= 15 is 0 Å². The third-order valence-corrected chi connectivity index (χ3v) is 5.82. The summed E-state index contributed by atoms with van der Waals surface area (Å²) in [6.45, 7) is 1.16. The van der Waals surface area contributed by atoms with Gasteiger partial charge in [-0.25, -0.2) is 9.78 Å². The van der Waals surface area contributed by atoms with Crippen LogP contribution in [0.4, 0.5) is 16.3 Å². The predicted molar refractivity (Wildman–Crippen MR) is 142 cm³/mol. The zero-order valence-electron chi connectivity index (χ0n) is 19.0. The fourth-order valence-corrected chi connectivity index (χ4v) is 3.93. The monoisotopic (exact) mass is 508 g/mol. The third kappa shape index (κ3) is 5.99. The quantitative estimate of drug-likeness (QED) is 0.228. The Morgan fingerprint density at radius 1 is 1.11 bits per heavy atom. The lowest BCUT2D eigenvalue weighted by Gasteiger charge is -2.13. The molecule has 0 saturated carbocycles. The average Bonchev–Trinajstić information content (AvgIpc) is 3.22. The number of hydrogen-bond donors (Lipinski definition) is 3. The van der Waals surface area contributed by atoms with Crippen molar-refractivity contribution in [1.82, 2.24) is 19.9 Å². The van der Waals surface area contributed by atoms with Gasteiger partial charge in [0.2, 0.25) is 0 Å². The molecule has 4 aromatic rings. The second-order valence-electron chi connectivity index (χ2n) is 7.70. The molecule has 0 spiro atoms. The molecule has 0 aliphatic heterocycles. The van der Waals surface area contributed by atoms with Crippen LogP contribution >= 0.6 is 23.2 Å². The number of carbonyl (C=O) groups excluding carboxylic acids is 1. The summed E-state index contributed by atoms with van der Waals surface area (Å²) in [5, 5.41) is 14.4. The number of benzene rings is 2. The number of methoxy groups -OCH3 is 1. The summed E-state index contributed by atoms with van der Waals surface area (Å²) in [7, 11) is 7.60. The van der Waals surface area contributed by atoms with Crippen LogP contribution in [0.2, 0.25) is 10.0 Å². The number of nitrogens with zero attached hydrogens (tertiary/aromatic N) is 3. The average molecular weight is 509 g/mol. The molecule has 0 aliphatic carbocycles. The summed E-state index contributed by atoms with van der Waals surface area (Å²) in [6.07, 6.45) is 3.14. The maximum Gasteiger partial charge on any atom is 0.319 e. The number of rotatable bonds is 9. The highest BCUT2D eigenvalue weighted by Crippen LogP contribution is 2.29. The van der Waals surface area contributed by atoms with Gasteiger partial charge in [0.15, 0.2) is 5.65 Å². The van der Waals surface area contributed by atoms with E-state index in [1.165, 1.54) is 7.11 Å². The van der Waals surface area contributed by atoms with Gasteiger partial charge >= 0.3 is 6.03 Å². The molecule has 178 valence electrons. The minimum atomic E-state index is -0.328. The van der Waals surface area contributed by atoms with Gasteiger partial charge in [0, 0.05) is 41.0 Å². The van der Waals surface area contributed by atoms with E-state index in [-0.39, 0.29) is 6.03 Å². The molecule has 0 bridgehead atoms. The second-order valence-corrected chi connectivity index (χ2v) is 8.54. The summed E-state index contributed by atoms with van der Waals surface area (Å²) in [5.41, 5.74) is 3.06. The normalized spacial score (nSPS) is 10.8. The molecule has 2 amide bonds. The van der Waals surface area contributed by atoms with E-state index in [4.69, 9.17) is 35.8 Å². The number of nitrogens with one attached hydrogen (secondary N) is 3. The molecular weight excluding hydrogens is 486 g/mol. The fraction of sp³-hybridized carbons (Fsp3) is 0.208. The van der Waals surface area contributed by atoms with E-state index in [0.717, 1.165) is 24.2 Å². The number of urea groups is 1. The Hall–Kier alpha value is -3.43. The number of halogens is 2. The first-order chi connectivity index (χ1) is 17.0. The van der Waals surface area contributed by atoms with Gasteiger partial charge in [-0.2, -0.15) is 9.61 Å². The van der Waals surface area contributed by atoms with Crippen LogP contribution < -0.4 is 26.2 Å². The van der Waals surface area contributed by atoms with Crippen molar-refractivity contribution < 1.29 is 9.53 Å². The molecule has 0 unspecified atom stereocenters. The predicted octanol–water partition coefficient (Wildman–Crippen LogP) is 4.52. The molecule has 0 saturated heterocycles. The van der Waals surface area contributed by atoms with Crippen molar-refractivity contribution in [3.63, 3.8) is 0 Å². The summed E-state index contributed by atoms with van der Waals surface area (Å²) >= 11 is 12.4. The Morgan fingerprint density at radius 3 is 2.71 bits per heavy atom. The van der Waals surface area contributed by atoms with Gasteiger partial charge in [-0.3, -0.25) is 0 Å². The van der Waals surface area contributed by atoms with Crippen molar-refractivity contribution in [2.45, 2.75) is 12.8 Å². The van der Waals surface area contributed by atoms with E-state index in [9.17, 15) is 4.79 Å². The topological polar surface area (TPSA) is 92.6 Å². The third-order valence-electron chi connectivity index (χ3n) is 5.25. The largest absolute Gasteiger partial charge is 0.495 e. The standard InChI is InChI=1S/C24H23BCl2N6O2/c1-35-21-9-8-15(26)12-20(21)32-24(34)29-11-5-4-10-28-22-13-19(16-6-2-3-7-18(16)27)31-23-17(25)14-30-33(22)23/h2-3,6-9,12-14,28H,4-5,10-11H2,1H3,(H2,29,32,34). The molecule has 35 heavy (non-hydrogen) atoms. The summed E-state index contributed by atoms with van der Waals surface area (Å²) in [5.74, 6) is 1.29. The van der Waals surface area contributed by atoms with Crippen LogP contribution in [0.5, 0.6) is 5.75 Å². The lowest BCUT2D eigenvalue weighted by molar-refractivity contribution is 0.252. The lowest BCUT2D eigenvalue weighted by atomic mass is 10.0. The number of ether oxygens (including phenoxy) is 1. The lowest BCUT2D eigenvalue weighted by Crippen LogP contribution is -2.29. The minimum absolute atomic E-state index is 0.328. The first-order valence-corrected chi connectivity index (χ1v) is 11.7. The molecule has 2 heterocycles. The molecule has 2 radical (unpaired) electrons. The number of amides is 2. The van der Waals surface area contributed by atoms with E-state index in [1.807, 2.05) is 30.3 Å². The molecule has 2 aromatic heterocycles. The van der Waals surface area contributed by atoms with Crippen LogP contribution in [0, 0.1) is 0 Å². The first-order valence-electron chi connectivity index (χ1n) is 11.0. The van der Waals surface area contributed by atoms with Crippen molar-refractivity contribution >= 4 is 59.7 Å². The summed E-state index contributed by atoms with van der Waals surface area (Å²) < 4.78 is 6.91. The Kier molecular flexibility index (Phi) is 8.00. The van der Waals surface area contributed by atoms with Crippen LogP contribution in [-0.2, 0) is 0 Å². The summed E-state index contributed by atoms with van der Waals surface area (Å²) in [4.78, 5) is 16.9. The highest BCUT2D eigenvalue weighted by Gasteiger charge is 2.12. The molecule has 0 atom stereocenters. The zero-order chi connectivity index (χ0) is 24.8. The number of anilines is 2. The van der Waals surface area contributed by atoms with Crippen molar-refractivity contribution in [2.24, 2.45) is 0 Å². The number of aromatic nitrogens is 3. The number of carbonyl (C=O) groups is 1. The summed E-state index contributed by atoms with van der Waals surface area (Å²) in [6, 6.07) is 14.1. The van der Waals surface area contributed by atoms with Crippen LogP contribution in [0.3, 0.4) is 0 Å². The van der Waals surface area contributed by atoms with Crippen molar-refractivity contribution in [2.75, 3.05) is 30.8 Å². The molecule has 0 aliphatic rings. The van der Waals surface area contributed by atoms with Crippen molar-refractivity contribution in [3.05, 3.63) is 64.8 Å². The maximum absolute atomic E-state index is 12.2. The molecule has 8 nitrogen and oxygen atoms in total. The van der Waals surface area contributed by atoms with Crippen molar-refractivity contribution in [3.8, 4) is 17.0 Å². The van der Waals surface area contributed by atoms with Gasteiger partial charge in [-0.15, -0.1) is 0 Å². The Labute approximate surface area is 214 Å². The van der Waals surface area contributed by atoms with Gasteiger partial charge in [-0.1, -0.05) is 41.4 Å². The SMILES string of the molecule is [B]c1cnn2c(NCCCCNC(=O)Nc3cc(Cl)ccc3OC)cc(-c3ccccc3Cl)nc12. The van der Waals surface area contributed by atoms with Gasteiger partial charge in [0.05, 0.1) is 18.5 Å². The van der Waals surface area contributed by atoms with E-state index < -0.39 is 0 Å². The van der Waals surface area contributed by atoms with Crippen LogP contribution in [0.15, 0.2) is 54.7 Å². The minimum Gasteiger partial charge on any atom is -0.495 e. The van der Waals surface area contributed by atoms with E-state index in [0.29, 0.717) is 51.4 Å². The van der Waals surface area contributed by atoms with Gasteiger partial charge in [-0.05, 0) is 42.6 Å². The number of unbranched alkanes of at least 4 members (excludes halogenated alkanes) is 1. The maximum atomic E-state index is 12.2. The van der Waals surface area contributed by atoms with E-state index in [2.05, 4.69) is 26.0 Å². The van der Waals surface area contributed by atoms with Gasteiger partial charge in [0.25, 0.3) is 0 Å². The second kappa shape index (κ2) is 11.3. The zero-order valence-corrected chi connectivity index (χ0v) is 20.5. The Morgan fingerprint density at radius 2 is 1.91 bits per heavy atom. The van der Waals surface area contributed by atoms with Gasteiger partial charge in [0.1, 0.15) is 19.4 Å². The molecular formula is C24H23BCl2N6O2. The van der Waals surface area contributed by atoms with Crippen LogP contribution in [0.1, 0.15) is 12.8 Å². The van der Waals surface area contributed by atoms with Gasteiger partial charge < -0.3 is 20.7 Å². The Bertz CT molecular complexity index is 1350. The van der Waals surface area contributed by atoms with Crippen molar-refractivity contribution in [1.29, 1.82) is 0 Å². The molecule has 3 N–H and O–H groups in total. The highest BCUT2D eigenvalue weighted by molar-refractivity contribution is 6.36. The molecule has 0 fully saturated rings. The molecule has 4 rings (SSSR count). The Balaban J connectivity index is 1.32. The highest BCUT2D eigenvalue weighted by atomic mass is 35.5. The van der Waals surface area contributed by atoms with E-state index in [1.54, 1.807) is 28.9 Å². The number of hydrogen-bond acceptors (Lipinski definition) is 5. The smallest absolute Gasteiger partial charge is 0.319 e. The van der Waals surface area contributed by atoms with Crippen LogP contribution in [-0.4, -0.2) is 48.7 Å². The molecule has 2 aromatic carbocycles.